The largest absolute Gasteiger partial charge is 0.354 e. The number of rotatable bonds is 6. The van der Waals surface area contributed by atoms with Crippen LogP contribution in [-0.2, 0) is 9.59 Å². The number of hydrogen-bond donors (Lipinski definition) is 3. The molecule has 1 aliphatic rings. The van der Waals surface area contributed by atoms with Crippen LogP contribution in [0, 0.1) is 0 Å². The van der Waals surface area contributed by atoms with Crippen molar-refractivity contribution >= 4 is 11.8 Å². The Balaban J connectivity index is 2.04. The van der Waals surface area contributed by atoms with E-state index in [0.29, 0.717) is 19.0 Å². The molecule has 1 saturated carbocycles. The van der Waals surface area contributed by atoms with Crippen LogP contribution in [0.15, 0.2) is 0 Å². The molecule has 0 aromatic rings. The fraction of sp³-hybridized carbons (Fsp3) is 0.800. The Morgan fingerprint density at radius 2 is 2.07 bits per heavy atom. The second-order valence-electron chi connectivity index (χ2n) is 3.89. The minimum atomic E-state index is -0.212. The van der Waals surface area contributed by atoms with Gasteiger partial charge in [0.2, 0.25) is 11.8 Å². The lowest BCUT2D eigenvalue weighted by atomic mass is 10.3. The fourth-order valence-electron chi connectivity index (χ4n) is 1.11. The van der Waals surface area contributed by atoms with Crippen LogP contribution >= 0.6 is 0 Å². The van der Waals surface area contributed by atoms with E-state index in [1.807, 2.05) is 0 Å². The SMILES string of the molecule is CNC(C)C(=O)NCCC(=O)NC1CC1. The van der Waals surface area contributed by atoms with Gasteiger partial charge in [0.05, 0.1) is 6.04 Å². The maximum absolute atomic E-state index is 11.3. The molecule has 0 bridgehead atoms. The lowest BCUT2D eigenvalue weighted by Crippen LogP contribution is -2.41. The van der Waals surface area contributed by atoms with Gasteiger partial charge >= 0.3 is 0 Å². The van der Waals surface area contributed by atoms with E-state index in [1.165, 1.54) is 0 Å². The first-order valence-corrected chi connectivity index (χ1v) is 5.38. The van der Waals surface area contributed by atoms with E-state index in [4.69, 9.17) is 0 Å². The highest BCUT2D eigenvalue weighted by molar-refractivity contribution is 5.82. The molecule has 15 heavy (non-hydrogen) atoms. The molecule has 0 radical (unpaired) electrons. The maximum atomic E-state index is 11.3. The average molecular weight is 213 g/mol. The predicted molar refractivity (Wildman–Crippen MR) is 57.3 cm³/mol. The smallest absolute Gasteiger partial charge is 0.236 e. The van der Waals surface area contributed by atoms with Crippen LogP contribution in [0.4, 0.5) is 0 Å². The second kappa shape index (κ2) is 5.70. The van der Waals surface area contributed by atoms with E-state index in [1.54, 1.807) is 14.0 Å². The number of amides is 2. The summed E-state index contributed by atoms with van der Waals surface area (Å²) in [6.07, 6.45) is 2.54. The van der Waals surface area contributed by atoms with Crippen molar-refractivity contribution in [3.63, 3.8) is 0 Å². The van der Waals surface area contributed by atoms with Crippen LogP contribution in [0.3, 0.4) is 0 Å². The number of nitrogens with one attached hydrogen (secondary N) is 3. The number of hydrogen-bond acceptors (Lipinski definition) is 3. The highest BCUT2D eigenvalue weighted by Gasteiger charge is 2.22. The summed E-state index contributed by atoms with van der Waals surface area (Å²) in [5, 5.41) is 8.39. The molecule has 0 saturated heterocycles. The molecule has 0 aromatic heterocycles. The summed E-state index contributed by atoms with van der Waals surface area (Å²) in [5.41, 5.74) is 0. The molecule has 0 heterocycles. The van der Waals surface area contributed by atoms with Gasteiger partial charge in [-0.05, 0) is 26.8 Å². The minimum Gasteiger partial charge on any atom is -0.354 e. The van der Waals surface area contributed by atoms with Crippen LogP contribution in [0.5, 0.6) is 0 Å². The van der Waals surface area contributed by atoms with E-state index in [9.17, 15) is 9.59 Å². The third kappa shape index (κ3) is 4.78. The van der Waals surface area contributed by atoms with E-state index in [0.717, 1.165) is 12.8 Å². The van der Waals surface area contributed by atoms with Crippen molar-refractivity contribution in [3.8, 4) is 0 Å². The first kappa shape index (κ1) is 12.0. The molecule has 86 valence electrons. The third-order valence-electron chi connectivity index (χ3n) is 2.42. The van der Waals surface area contributed by atoms with Gasteiger partial charge in [-0.1, -0.05) is 0 Å². The van der Waals surface area contributed by atoms with Gasteiger partial charge in [0, 0.05) is 19.0 Å². The Morgan fingerprint density at radius 3 is 2.60 bits per heavy atom. The van der Waals surface area contributed by atoms with Crippen molar-refractivity contribution in [3.05, 3.63) is 0 Å². The summed E-state index contributed by atoms with van der Waals surface area (Å²) < 4.78 is 0. The predicted octanol–water partition coefficient (Wildman–Crippen LogP) is -0.621. The number of likely N-dealkylation sites (N-methyl/N-ethyl adjacent to an activating group) is 1. The zero-order valence-corrected chi connectivity index (χ0v) is 9.30. The molecule has 1 atom stereocenters. The van der Waals surface area contributed by atoms with Gasteiger partial charge < -0.3 is 16.0 Å². The first-order valence-electron chi connectivity index (χ1n) is 5.38. The Kier molecular flexibility index (Phi) is 4.55. The molecule has 1 aliphatic carbocycles. The maximum Gasteiger partial charge on any atom is 0.236 e. The summed E-state index contributed by atoms with van der Waals surface area (Å²) in [5.74, 6) is -0.0494. The van der Waals surface area contributed by atoms with Crippen LogP contribution in [-0.4, -0.2) is 37.5 Å². The summed E-state index contributed by atoms with van der Waals surface area (Å²) in [7, 11) is 1.73. The summed E-state index contributed by atoms with van der Waals surface area (Å²) in [6.45, 7) is 2.18. The van der Waals surface area contributed by atoms with Gasteiger partial charge in [-0.25, -0.2) is 0 Å². The molecule has 1 unspecified atom stereocenters. The van der Waals surface area contributed by atoms with Crippen molar-refractivity contribution in [1.29, 1.82) is 0 Å². The highest BCUT2D eigenvalue weighted by atomic mass is 16.2. The Morgan fingerprint density at radius 1 is 1.40 bits per heavy atom. The van der Waals surface area contributed by atoms with Gasteiger partial charge in [0.25, 0.3) is 0 Å². The molecule has 0 spiro atoms. The first-order chi connectivity index (χ1) is 7.13. The van der Waals surface area contributed by atoms with Crippen LogP contribution < -0.4 is 16.0 Å². The fourth-order valence-corrected chi connectivity index (χ4v) is 1.11. The highest BCUT2D eigenvalue weighted by Crippen LogP contribution is 2.18. The van der Waals surface area contributed by atoms with E-state index < -0.39 is 0 Å². The van der Waals surface area contributed by atoms with E-state index in [-0.39, 0.29) is 17.9 Å². The number of carbonyl (C=O) groups excluding carboxylic acids is 2. The molecule has 3 N–H and O–H groups in total. The molecule has 1 rings (SSSR count). The zero-order valence-electron chi connectivity index (χ0n) is 9.30. The molecular formula is C10H19N3O2. The summed E-state index contributed by atoms with van der Waals surface area (Å²) >= 11 is 0. The van der Waals surface area contributed by atoms with E-state index in [2.05, 4.69) is 16.0 Å². The van der Waals surface area contributed by atoms with Gasteiger partial charge in [-0.3, -0.25) is 9.59 Å². The topological polar surface area (TPSA) is 70.2 Å². The zero-order chi connectivity index (χ0) is 11.3. The molecule has 2 amide bonds. The van der Waals surface area contributed by atoms with Gasteiger partial charge in [-0.15, -0.1) is 0 Å². The molecule has 5 heteroatoms. The second-order valence-corrected chi connectivity index (χ2v) is 3.89. The number of carbonyl (C=O) groups is 2. The van der Waals surface area contributed by atoms with Gasteiger partial charge in [0.15, 0.2) is 0 Å². The lowest BCUT2D eigenvalue weighted by Gasteiger charge is -2.10. The van der Waals surface area contributed by atoms with Crippen molar-refractivity contribution in [1.82, 2.24) is 16.0 Å². The molecular weight excluding hydrogens is 194 g/mol. The van der Waals surface area contributed by atoms with E-state index >= 15 is 0 Å². The van der Waals surface area contributed by atoms with Crippen molar-refractivity contribution in [2.75, 3.05) is 13.6 Å². The Bertz CT molecular complexity index is 239. The van der Waals surface area contributed by atoms with Crippen LogP contribution in [0.2, 0.25) is 0 Å². The molecule has 5 nitrogen and oxygen atoms in total. The Labute approximate surface area is 90.0 Å². The van der Waals surface area contributed by atoms with Gasteiger partial charge in [-0.2, -0.15) is 0 Å². The molecule has 1 fully saturated rings. The van der Waals surface area contributed by atoms with Crippen molar-refractivity contribution in [2.45, 2.75) is 38.3 Å². The molecule has 0 aromatic carbocycles. The summed E-state index contributed by atoms with van der Waals surface area (Å²) in [4.78, 5) is 22.5. The van der Waals surface area contributed by atoms with Gasteiger partial charge in [0.1, 0.15) is 0 Å². The van der Waals surface area contributed by atoms with Crippen molar-refractivity contribution < 1.29 is 9.59 Å². The standard InChI is InChI=1S/C10H19N3O2/c1-7(11-2)10(15)12-6-5-9(14)13-8-3-4-8/h7-8,11H,3-6H2,1-2H3,(H,12,15)(H,13,14). The van der Waals surface area contributed by atoms with Crippen LogP contribution in [0.25, 0.3) is 0 Å². The van der Waals surface area contributed by atoms with Crippen molar-refractivity contribution in [2.24, 2.45) is 0 Å². The average Bonchev–Trinajstić information content (AvgIpc) is 3.00. The monoisotopic (exact) mass is 213 g/mol. The van der Waals surface area contributed by atoms with Crippen LogP contribution in [0.1, 0.15) is 26.2 Å². The minimum absolute atomic E-state index is 0.0231. The normalized spacial score (nSPS) is 16.9. The lowest BCUT2D eigenvalue weighted by molar-refractivity contribution is -0.123. The summed E-state index contributed by atoms with van der Waals surface area (Å²) in [6, 6.07) is 0.181. The third-order valence-corrected chi connectivity index (χ3v) is 2.42. The Hall–Kier alpha value is -1.10. The quantitative estimate of drug-likeness (QED) is 0.550. The molecule has 0 aliphatic heterocycles.